The Labute approximate surface area is 166 Å². The number of primary amides is 1. The molecule has 0 radical (unpaired) electrons. The Hall–Kier alpha value is -2.65. The summed E-state index contributed by atoms with van der Waals surface area (Å²) >= 11 is 0. The summed E-state index contributed by atoms with van der Waals surface area (Å²) in [4.78, 5) is 23.5. The number of benzene rings is 1. The van der Waals surface area contributed by atoms with Crippen molar-refractivity contribution in [1.29, 1.82) is 0 Å². The van der Waals surface area contributed by atoms with Crippen LogP contribution in [0.2, 0.25) is 0 Å². The molecule has 1 aromatic carbocycles. The number of fused-ring (bicyclic) bond motifs is 1. The molecule has 1 saturated carbocycles. The van der Waals surface area contributed by atoms with Gasteiger partial charge in [0.05, 0.1) is 12.2 Å². The van der Waals surface area contributed by atoms with Gasteiger partial charge in [-0.05, 0) is 57.2 Å². The maximum absolute atomic E-state index is 12.8. The SMILES string of the molecule is CC(C)(OC(=O)Nc1ccc2c(c1)NC[C@H](C[C@@H](C(N)=O)C1CC1)O2)C(F)(F)F. The van der Waals surface area contributed by atoms with Crippen LogP contribution in [0.1, 0.15) is 33.1 Å². The van der Waals surface area contributed by atoms with E-state index in [1.807, 2.05) is 0 Å². The number of ether oxygens (including phenoxy) is 2. The standard InChI is InChI=1S/C19H24F3N3O4/c1-18(2,19(20,21)22)29-17(27)25-11-5-6-15-14(7-11)24-9-12(28-15)8-13(16(23)26)10-3-4-10/h5-7,10,12-13,24H,3-4,8-9H2,1-2H3,(H2,23,26)(H,25,27)/t12-,13+/m0/s1. The van der Waals surface area contributed by atoms with Crippen LogP contribution >= 0.6 is 0 Å². The molecule has 2 aliphatic rings. The zero-order valence-electron chi connectivity index (χ0n) is 16.1. The molecule has 2 atom stereocenters. The fourth-order valence-electron chi connectivity index (χ4n) is 3.18. The second-order valence-corrected chi connectivity index (χ2v) is 7.94. The van der Waals surface area contributed by atoms with Gasteiger partial charge in [0, 0.05) is 11.6 Å². The minimum atomic E-state index is -4.69. The van der Waals surface area contributed by atoms with Crippen LogP contribution in [0.25, 0.3) is 0 Å². The predicted octanol–water partition coefficient (Wildman–Crippen LogP) is 3.65. The van der Waals surface area contributed by atoms with Crippen molar-refractivity contribution in [3.8, 4) is 5.75 Å². The molecule has 29 heavy (non-hydrogen) atoms. The summed E-state index contributed by atoms with van der Waals surface area (Å²) in [7, 11) is 0. The van der Waals surface area contributed by atoms with Crippen molar-refractivity contribution in [3.63, 3.8) is 0 Å². The molecule has 1 aliphatic heterocycles. The number of halogens is 3. The van der Waals surface area contributed by atoms with Crippen molar-refractivity contribution >= 4 is 23.4 Å². The van der Waals surface area contributed by atoms with Crippen molar-refractivity contribution in [1.82, 2.24) is 0 Å². The first-order chi connectivity index (χ1) is 13.5. The van der Waals surface area contributed by atoms with Gasteiger partial charge in [-0.3, -0.25) is 10.1 Å². The van der Waals surface area contributed by atoms with Crippen molar-refractivity contribution in [2.24, 2.45) is 17.6 Å². The second-order valence-electron chi connectivity index (χ2n) is 7.94. The number of carbonyl (C=O) groups is 2. The molecule has 0 unspecified atom stereocenters. The molecule has 0 saturated heterocycles. The Morgan fingerprint density at radius 2 is 2.03 bits per heavy atom. The fraction of sp³-hybridized carbons (Fsp3) is 0.579. The molecule has 2 amide bonds. The lowest BCUT2D eigenvalue weighted by molar-refractivity contribution is -0.242. The number of alkyl halides is 3. The molecule has 0 aromatic heterocycles. The number of hydrogen-bond donors (Lipinski definition) is 3. The minimum absolute atomic E-state index is 0.212. The average molecular weight is 415 g/mol. The zero-order chi connectivity index (χ0) is 21.4. The largest absolute Gasteiger partial charge is 0.486 e. The molecule has 0 spiro atoms. The second kappa shape index (κ2) is 7.64. The fourth-order valence-corrected chi connectivity index (χ4v) is 3.18. The van der Waals surface area contributed by atoms with Gasteiger partial charge in [-0.25, -0.2) is 4.79 Å². The number of rotatable bonds is 6. The van der Waals surface area contributed by atoms with Crippen LogP contribution in [0.4, 0.5) is 29.3 Å². The third kappa shape index (κ3) is 5.04. The summed E-state index contributed by atoms with van der Waals surface area (Å²) in [5.41, 5.74) is 3.71. The smallest absolute Gasteiger partial charge is 0.427 e. The van der Waals surface area contributed by atoms with E-state index in [1.54, 1.807) is 12.1 Å². The van der Waals surface area contributed by atoms with E-state index in [0.717, 1.165) is 26.7 Å². The van der Waals surface area contributed by atoms with Crippen LogP contribution in [0.3, 0.4) is 0 Å². The van der Waals surface area contributed by atoms with Gasteiger partial charge in [0.2, 0.25) is 11.5 Å². The van der Waals surface area contributed by atoms with Crippen molar-refractivity contribution < 1.29 is 32.2 Å². The number of hydrogen-bond acceptors (Lipinski definition) is 5. The summed E-state index contributed by atoms with van der Waals surface area (Å²) in [5, 5.41) is 5.44. The Morgan fingerprint density at radius 3 is 2.62 bits per heavy atom. The van der Waals surface area contributed by atoms with E-state index in [0.29, 0.717) is 30.3 Å². The van der Waals surface area contributed by atoms with Crippen LogP contribution in [0.5, 0.6) is 5.75 Å². The molecular formula is C19H24F3N3O4. The highest BCUT2D eigenvalue weighted by Gasteiger charge is 2.51. The molecule has 1 aromatic rings. The Bertz CT molecular complexity index is 793. The lowest BCUT2D eigenvalue weighted by atomic mass is 9.95. The summed E-state index contributed by atoms with van der Waals surface area (Å²) < 4.78 is 48.9. The molecule has 1 heterocycles. The van der Waals surface area contributed by atoms with E-state index >= 15 is 0 Å². The highest BCUT2D eigenvalue weighted by atomic mass is 19.4. The topological polar surface area (TPSA) is 103 Å². The van der Waals surface area contributed by atoms with Gasteiger partial charge in [0.25, 0.3) is 0 Å². The molecule has 0 bridgehead atoms. The Kier molecular flexibility index (Phi) is 5.55. The first-order valence-corrected chi connectivity index (χ1v) is 9.37. The van der Waals surface area contributed by atoms with Gasteiger partial charge in [-0.2, -0.15) is 13.2 Å². The van der Waals surface area contributed by atoms with Gasteiger partial charge in [0.1, 0.15) is 11.9 Å². The van der Waals surface area contributed by atoms with Crippen LogP contribution in [0.15, 0.2) is 18.2 Å². The number of amides is 2. The lowest BCUT2D eigenvalue weighted by Gasteiger charge is -2.30. The number of nitrogens with two attached hydrogens (primary N) is 1. The molecule has 1 fully saturated rings. The summed E-state index contributed by atoms with van der Waals surface area (Å²) in [6.07, 6.45) is -3.60. The van der Waals surface area contributed by atoms with Gasteiger partial charge in [-0.1, -0.05) is 0 Å². The number of nitrogens with one attached hydrogen (secondary N) is 2. The molecule has 7 nitrogen and oxygen atoms in total. The van der Waals surface area contributed by atoms with Crippen LogP contribution in [-0.2, 0) is 9.53 Å². The van der Waals surface area contributed by atoms with E-state index in [9.17, 15) is 22.8 Å². The number of carbonyl (C=O) groups excluding carboxylic acids is 2. The summed E-state index contributed by atoms with van der Waals surface area (Å²) in [6, 6.07) is 4.63. The molecule has 3 rings (SSSR count). The monoisotopic (exact) mass is 415 g/mol. The lowest BCUT2D eigenvalue weighted by Crippen LogP contribution is -2.44. The summed E-state index contributed by atoms with van der Waals surface area (Å²) in [6.45, 7) is 1.99. The Morgan fingerprint density at radius 1 is 1.34 bits per heavy atom. The molecule has 160 valence electrons. The highest BCUT2D eigenvalue weighted by Crippen LogP contribution is 2.41. The van der Waals surface area contributed by atoms with Crippen LogP contribution in [0, 0.1) is 11.8 Å². The van der Waals surface area contributed by atoms with Gasteiger partial charge in [-0.15, -0.1) is 0 Å². The molecule has 4 N–H and O–H groups in total. The third-order valence-corrected chi connectivity index (χ3v) is 5.14. The van der Waals surface area contributed by atoms with E-state index in [2.05, 4.69) is 15.4 Å². The van der Waals surface area contributed by atoms with E-state index < -0.39 is 17.9 Å². The predicted molar refractivity (Wildman–Crippen MR) is 99.6 cm³/mol. The van der Waals surface area contributed by atoms with E-state index in [4.69, 9.17) is 10.5 Å². The van der Waals surface area contributed by atoms with Crippen molar-refractivity contribution in [2.75, 3.05) is 17.2 Å². The van der Waals surface area contributed by atoms with Crippen LogP contribution in [-0.4, -0.2) is 36.4 Å². The van der Waals surface area contributed by atoms with E-state index in [-0.39, 0.29) is 23.6 Å². The first-order valence-electron chi connectivity index (χ1n) is 9.37. The first kappa shape index (κ1) is 21.1. The van der Waals surface area contributed by atoms with Crippen molar-refractivity contribution in [3.05, 3.63) is 18.2 Å². The zero-order valence-corrected chi connectivity index (χ0v) is 16.1. The molecule has 10 heteroatoms. The average Bonchev–Trinajstić information content (AvgIpc) is 3.42. The number of anilines is 2. The molecular weight excluding hydrogens is 391 g/mol. The quantitative estimate of drug-likeness (QED) is 0.658. The Balaban J connectivity index is 1.60. The maximum atomic E-state index is 12.8. The maximum Gasteiger partial charge on any atom is 0.427 e. The van der Waals surface area contributed by atoms with Gasteiger partial charge >= 0.3 is 12.3 Å². The van der Waals surface area contributed by atoms with Crippen molar-refractivity contribution in [2.45, 2.75) is 51.0 Å². The van der Waals surface area contributed by atoms with Gasteiger partial charge in [0.15, 0.2) is 0 Å². The minimum Gasteiger partial charge on any atom is -0.486 e. The normalized spacial score (nSPS) is 20.0. The van der Waals surface area contributed by atoms with E-state index in [1.165, 1.54) is 6.07 Å². The molecule has 1 aliphatic carbocycles. The van der Waals surface area contributed by atoms with Gasteiger partial charge < -0.3 is 20.5 Å². The van der Waals surface area contributed by atoms with Crippen LogP contribution < -0.4 is 21.1 Å². The third-order valence-electron chi connectivity index (χ3n) is 5.14. The summed E-state index contributed by atoms with van der Waals surface area (Å²) in [5.74, 6) is 0.323. The highest BCUT2D eigenvalue weighted by molar-refractivity contribution is 5.86.